The second-order valence-electron chi connectivity index (χ2n) is 4.17. The van der Waals surface area contributed by atoms with Crippen LogP contribution in [0.15, 0.2) is 61.9 Å². The summed E-state index contributed by atoms with van der Waals surface area (Å²) in [6.07, 6.45) is 3.49. The van der Waals surface area contributed by atoms with E-state index in [-0.39, 0.29) is 0 Å². The van der Waals surface area contributed by atoms with Crippen molar-refractivity contribution in [3.8, 4) is 0 Å². The fourth-order valence-corrected chi connectivity index (χ4v) is 1.38. The number of benzene rings is 1. The minimum atomic E-state index is 0.566. The molecule has 0 atom stereocenters. The third kappa shape index (κ3) is 19.6. The van der Waals surface area contributed by atoms with Gasteiger partial charge >= 0.3 is 0 Å². The van der Waals surface area contributed by atoms with E-state index in [1.54, 1.807) is 12.4 Å². The van der Waals surface area contributed by atoms with Gasteiger partial charge < -0.3 is 11.5 Å². The summed E-state index contributed by atoms with van der Waals surface area (Å²) in [7, 11) is 0. The van der Waals surface area contributed by atoms with E-state index < -0.39 is 0 Å². The van der Waals surface area contributed by atoms with Crippen molar-refractivity contribution in [2.75, 3.05) is 0 Å². The van der Waals surface area contributed by atoms with Gasteiger partial charge in [-0.05, 0) is 24.1 Å². The van der Waals surface area contributed by atoms with Crippen LogP contribution in [0.25, 0.3) is 11.4 Å². The second kappa shape index (κ2) is 25.7. The molecule has 1 aromatic heterocycles. The zero-order valence-corrected chi connectivity index (χ0v) is 19.1. The molecule has 3 nitrogen and oxygen atoms in total. The Bertz CT molecular complexity index is 561. The Morgan fingerprint density at radius 1 is 0.704 bits per heavy atom. The maximum absolute atomic E-state index is 5.45. The van der Waals surface area contributed by atoms with Crippen molar-refractivity contribution in [1.29, 1.82) is 0 Å². The van der Waals surface area contributed by atoms with Crippen molar-refractivity contribution >= 4 is 11.4 Å². The average Bonchev–Trinajstić information content (AvgIpc) is 2.75. The van der Waals surface area contributed by atoms with Crippen LogP contribution < -0.4 is 11.5 Å². The molecule has 0 amide bonds. The van der Waals surface area contributed by atoms with E-state index in [9.17, 15) is 0 Å². The quantitative estimate of drug-likeness (QED) is 0.593. The Labute approximate surface area is 169 Å². The summed E-state index contributed by atoms with van der Waals surface area (Å²) in [6, 6.07) is 11.6. The van der Waals surface area contributed by atoms with Gasteiger partial charge in [0.05, 0.1) is 0 Å². The summed E-state index contributed by atoms with van der Waals surface area (Å²) in [6.45, 7) is 25.2. The Morgan fingerprint density at radius 3 is 1.37 bits per heavy atom. The van der Waals surface area contributed by atoms with Crippen molar-refractivity contribution in [3.63, 3.8) is 0 Å². The molecule has 27 heavy (non-hydrogen) atoms. The van der Waals surface area contributed by atoms with Crippen molar-refractivity contribution < 1.29 is 0 Å². The minimum Gasteiger partial charge on any atom is -0.399 e. The number of hydrogen-bond acceptors (Lipinski definition) is 3. The number of rotatable bonds is 2. The summed E-state index contributed by atoms with van der Waals surface area (Å²) in [5.74, 6) is 0. The third-order valence-electron chi connectivity index (χ3n) is 2.39. The molecular formula is C24H43N3. The summed E-state index contributed by atoms with van der Waals surface area (Å²) >= 11 is 0. The molecule has 0 spiro atoms. The highest BCUT2D eigenvalue weighted by molar-refractivity contribution is 5.60. The predicted molar refractivity (Wildman–Crippen MR) is 127 cm³/mol. The van der Waals surface area contributed by atoms with E-state index in [1.165, 1.54) is 0 Å². The lowest BCUT2D eigenvalue weighted by Crippen LogP contribution is -1.94. The molecule has 0 bridgehead atoms. The van der Waals surface area contributed by atoms with Crippen molar-refractivity contribution in [1.82, 2.24) is 4.98 Å². The van der Waals surface area contributed by atoms with Crippen LogP contribution in [0.1, 0.15) is 72.1 Å². The average molecular weight is 374 g/mol. The zero-order chi connectivity index (χ0) is 22.3. The molecule has 0 saturated carbocycles. The molecular weight excluding hydrogens is 330 g/mol. The van der Waals surface area contributed by atoms with Gasteiger partial charge in [0.15, 0.2) is 0 Å². The van der Waals surface area contributed by atoms with Gasteiger partial charge in [0.25, 0.3) is 0 Å². The Kier molecular flexibility index (Phi) is 30.6. The molecule has 0 fully saturated rings. The van der Waals surface area contributed by atoms with Gasteiger partial charge in [0.1, 0.15) is 0 Å². The summed E-state index contributed by atoms with van der Waals surface area (Å²) in [5.41, 5.74) is 15.1. The molecule has 4 N–H and O–H groups in total. The first-order chi connectivity index (χ1) is 13.0. The molecule has 2 aromatic rings. The van der Waals surface area contributed by atoms with E-state index in [4.69, 9.17) is 11.5 Å². The lowest BCUT2D eigenvalue weighted by atomic mass is 10.2. The summed E-state index contributed by atoms with van der Waals surface area (Å²) in [5, 5.41) is 0. The van der Waals surface area contributed by atoms with E-state index in [2.05, 4.69) is 18.1 Å². The topological polar surface area (TPSA) is 64.9 Å². The van der Waals surface area contributed by atoms with Crippen molar-refractivity contribution in [3.05, 3.63) is 78.6 Å². The molecule has 1 aromatic carbocycles. The standard InChI is InChI=1S/C8H10N2.C8H9N.4C2H6/c1-6-3-8(7(2)9)5-10-4-6;1-7(9)8-5-3-2-4-6-8;4*1-2/h3-5H,2,9H2,1H3;2-6H,1,9H2;4*1-2H3. The fourth-order valence-electron chi connectivity index (χ4n) is 1.38. The Balaban J connectivity index is -0.000000144. The van der Waals surface area contributed by atoms with Gasteiger partial charge in [-0.3, -0.25) is 4.98 Å². The lowest BCUT2D eigenvalue weighted by Gasteiger charge is -1.98. The molecule has 0 aliphatic carbocycles. The van der Waals surface area contributed by atoms with Gasteiger partial charge in [0, 0.05) is 29.4 Å². The van der Waals surface area contributed by atoms with E-state index in [1.807, 2.05) is 98.7 Å². The molecule has 154 valence electrons. The number of aromatic nitrogens is 1. The highest BCUT2D eigenvalue weighted by Crippen LogP contribution is 2.06. The molecule has 2 rings (SSSR count). The normalized spacial score (nSPS) is 7.30. The van der Waals surface area contributed by atoms with Crippen LogP contribution in [0.2, 0.25) is 0 Å². The van der Waals surface area contributed by atoms with Crippen molar-refractivity contribution in [2.45, 2.75) is 62.3 Å². The second-order valence-corrected chi connectivity index (χ2v) is 4.17. The van der Waals surface area contributed by atoms with Gasteiger partial charge in [-0.1, -0.05) is 98.9 Å². The van der Waals surface area contributed by atoms with Gasteiger partial charge in [0.2, 0.25) is 0 Å². The van der Waals surface area contributed by atoms with Crippen LogP contribution in [0.3, 0.4) is 0 Å². The largest absolute Gasteiger partial charge is 0.399 e. The van der Waals surface area contributed by atoms with E-state index in [0.717, 1.165) is 16.7 Å². The molecule has 0 aliphatic rings. The molecule has 0 aliphatic heterocycles. The first-order valence-electron chi connectivity index (χ1n) is 9.87. The van der Waals surface area contributed by atoms with Crippen LogP contribution in [-0.2, 0) is 0 Å². The maximum Gasteiger partial charge on any atom is 0.0360 e. The van der Waals surface area contributed by atoms with Crippen LogP contribution in [0.5, 0.6) is 0 Å². The third-order valence-corrected chi connectivity index (χ3v) is 2.39. The van der Waals surface area contributed by atoms with Crippen LogP contribution in [0.4, 0.5) is 0 Å². The molecule has 0 saturated heterocycles. The number of hydrogen-bond donors (Lipinski definition) is 2. The van der Waals surface area contributed by atoms with Crippen molar-refractivity contribution in [2.24, 2.45) is 11.5 Å². The highest BCUT2D eigenvalue weighted by atomic mass is 14.6. The smallest absolute Gasteiger partial charge is 0.0360 e. The number of pyridine rings is 1. The van der Waals surface area contributed by atoms with Crippen LogP contribution >= 0.6 is 0 Å². The SMILES string of the molecule is C=C(N)c1ccccc1.C=C(N)c1cncc(C)c1.CC.CC.CC.CC. The Hall–Kier alpha value is -2.55. The lowest BCUT2D eigenvalue weighted by molar-refractivity contribution is 1.25. The summed E-state index contributed by atoms with van der Waals surface area (Å²) in [4.78, 5) is 3.96. The molecule has 0 unspecified atom stereocenters. The van der Waals surface area contributed by atoms with E-state index in [0.29, 0.717) is 11.4 Å². The highest BCUT2D eigenvalue weighted by Gasteiger charge is 1.92. The first kappa shape index (κ1) is 32.1. The fraction of sp³-hybridized carbons (Fsp3) is 0.375. The van der Waals surface area contributed by atoms with Gasteiger partial charge in [-0.25, -0.2) is 0 Å². The summed E-state index contributed by atoms with van der Waals surface area (Å²) < 4.78 is 0. The van der Waals surface area contributed by atoms with Crippen LogP contribution in [0, 0.1) is 6.92 Å². The van der Waals surface area contributed by atoms with Gasteiger partial charge in [-0.15, -0.1) is 0 Å². The molecule has 3 heteroatoms. The number of nitrogens with zero attached hydrogens (tertiary/aromatic N) is 1. The van der Waals surface area contributed by atoms with E-state index >= 15 is 0 Å². The predicted octanol–water partition coefficient (Wildman–Crippen LogP) is 7.04. The Morgan fingerprint density at radius 2 is 1.11 bits per heavy atom. The van der Waals surface area contributed by atoms with Gasteiger partial charge in [-0.2, -0.15) is 0 Å². The van der Waals surface area contributed by atoms with Crippen LogP contribution in [-0.4, -0.2) is 4.98 Å². The maximum atomic E-state index is 5.45. The molecule has 0 radical (unpaired) electrons. The molecule has 1 heterocycles. The first-order valence-corrected chi connectivity index (χ1v) is 9.87. The zero-order valence-electron chi connectivity index (χ0n) is 19.1. The number of nitrogens with two attached hydrogens (primary N) is 2. The monoisotopic (exact) mass is 373 g/mol. The minimum absolute atomic E-state index is 0.566. The number of aryl methyl sites for hydroxylation is 1.